The van der Waals surface area contributed by atoms with Gasteiger partial charge < -0.3 is 10.6 Å². The highest BCUT2D eigenvalue weighted by atomic mass is 35.5. The van der Waals surface area contributed by atoms with Crippen LogP contribution in [0.25, 0.3) is 0 Å². The molecule has 3 rings (SSSR count). The van der Waals surface area contributed by atoms with Gasteiger partial charge in [0.05, 0.1) is 0 Å². The third-order valence-corrected chi connectivity index (χ3v) is 3.99. The van der Waals surface area contributed by atoms with E-state index >= 15 is 0 Å². The fourth-order valence-corrected chi connectivity index (χ4v) is 2.56. The summed E-state index contributed by atoms with van der Waals surface area (Å²) >= 11 is 12.1. The quantitative estimate of drug-likeness (QED) is 0.636. The Balaban J connectivity index is 1.74. The number of halogens is 2. The molecular formula is C18H16Cl2N4. The van der Waals surface area contributed by atoms with Gasteiger partial charge in [-0.15, -0.1) is 0 Å². The SMILES string of the molecule is Cc1nc(NCc2ccccc2Cl)cc(Nc2ccc(Cl)cc2)n1. The first kappa shape index (κ1) is 16.6. The molecule has 0 spiro atoms. The van der Waals surface area contributed by atoms with Gasteiger partial charge in [0.25, 0.3) is 0 Å². The molecule has 0 bridgehead atoms. The van der Waals surface area contributed by atoms with Crippen molar-refractivity contribution in [2.24, 2.45) is 0 Å². The Kier molecular flexibility index (Phi) is 5.18. The van der Waals surface area contributed by atoms with E-state index < -0.39 is 0 Å². The van der Waals surface area contributed by atoms with Crippen molar-refractivity contribution < 1.29 is 0 Å². The van der Waals surface area contributed by atoms with E-state index in [-0.39, 0.29) is 0 Å². The maximum Gasteiger partial charge on any atom is 0.136 e. The van der Waals surface area contributed by atoms with E-state index in [9.17, 15) is 0 Å². The van der Waals surface area contributed by atoms with Crippen LogP contribution in [-0.2, 0) is 6.54 Å². The number of hydrogen-bond donors (Lipinski definition) is 2. The van der Waals surface area contributed by atoms with E-state index in [1.165, 1.54) is 0 Å². The number of benzene rings is 2. The summed E-state index contributed by atoms with van der Waals surface area (Å²) in [5, 5.41) is 7.95. The lowest BCUT2D eigenvalue weighted by atomic mass is 10.2. The summed E-state index contributed by atoms with van der Waals surface area (Å²) < 4.78 is 0. The summed E-state index contributed by atoms with van der Waals surface area (Å²) in [6.07, 6.45) is 0. The van der Waals surface area contributed by atoms with Gasteiger partial charge >= 0.3 is 0 Å². The molecule has 0 fully saturated rings. The van der Waals surface area contributed by atoms with Gasteiger partial charge in [-0.2, -0.15) is 0 Å². The van der Waals surface area contributed by atoms with Crippen molar-refractivity contribution in [1.82, 2.24) is 9.97 Å². The number of nitrogens with one attached hydrogen (secondary N) is 2. The summed E-state index contributed by atoms with van der Waals surface area (Å²) in [6, 6.07) is 17.0. The molecule has 122 valence electrons. The van der Waals surface area contributed by atoms with Crippen molar-refractivity contribution in [2.75, 3.05) is 10.6 Å². The first-order valence-corrected chi connectivity index (χ1v) is 8.21. The minimum Gasteiger partial charge on any atom is -0.366 e. The molecule has 0 aliphatic heterocycles. The van der Waals surface area contributed by atoms with Crippen LogP contribution in [-0.4, -0.2) is 9.97 Å². The Morgan fingerprint density at radius 1 is 0.917 bits per heavy atom. The van der Waals surface area contributed by atoms with Crippen LogP contribution >= 0.6 is 23.2 Å². The van der Waals surface area contributed by atoms with Crippen LogP contribution in [0.4, 0.5) is 17.3 Å². The van der Waals surface area contributed by atoms with Gasteiger partial charge in [0.15, 0.2) is 0 Å². The third-order valence-electron chi connectivity index (χ3n) is 3.37. The maximum atomic E-state index is 6.18. The average molecular weight is 359 g/mol. The molecule has 6 heteroatoms. The molecule has 0 radical (unpaired) electrons. The highest BCUT2D eigenvalue weighted by Crippen LogP contribution is 2.21. The van der Waals surface area contributed by atoms with Crippen molar-refractivity contribution in [3.8, 4) is 0 Å². The highest BCUT2D eigenvalue weighted by molar-refractivity contribution is 6.31. The van der Waals surface area contributed by atoms with Crippen LogP contribution < -0.4 is 10.6 Å². The first-order valence-electron chi connectivity index (χ1n) is 7.46. The minimum absolute atomic E-state index is 0.594. The lowest BCUT2D eigenvalue weighted by Crippen LogP contribution is -2.05. The van der Waals surface area contributed by atoms with Crippen LogP contribution in [0.2, 0.25) is 10.0 Å². The smallest absolute Gasteiger partial charge is 0.136 e. The molecule has 24 heavy (non-hydrogen) atoms. The van der Waals surface area contributed by atoms with Gasteiger partial charge in [-0.05, 0) is 42.8 Å². The Labute approximate surface area is 150 Å². The number of hydrogen-bond acceptors (Lipinski definition) is 4. The van der Waals surface area contributed by atoms with Gasteiger partial charge in [-0.3, -0.25) is 0 Å². The highest BCUT2D eigenvalue weighted by Gasteiger charge is 2.04. The summed E-state index contributed by atoms with van der Waals surface area (Å²) in [6.45, 7) is 2.45. The molecule has 2 aromatic carbocycles. The number of nitrogens with zero attached hydrogens (tertiary/aromatic N) is 2. The molecule has 1 aromatic heterocycles. The molecule has 3 aromatic rings. The van der Waals surface area contributed by atoms with Crippen LogP contribution in [0.15, 0.2) is 54.6 Å². The van der Waals surface area contributed by atoms with Gasteiger partial charge in [-0.1, -0.05) is 41.4 Å². The summed E-state index contributed by atoms with van der Waals surface area (Å²) in [5.74, 6) is 2.13. The second-order valence-electron chi connectivity index (χ2n) is 5.26. The molecule has 2 N–H and O–H groups in total. The fourth-order valence-electron chi connectivity index (χ4n) is 2.23. The van der Waals surface area contributed by atoms with Crippen LogP contribution in [0.1, 0.15) is 11.4 Å². The largest absolute Gasteiger partial charge is 0.366 e. The van der Waals surface area contributed by atoms with Crippen LogP contribution in [0.5, 0.6) is 0 Å². The minimum atomic E-state index is 0.594. The normalized spacial score (nSPS) is 10.5. The topological polar surface area (TPSA) is 49.8 Å². The van der Waals surface area contributed by atoms with E-state index in [1.807, 2.05) is 61.5 Å². The van der Waals surface area contributed by atoms with Crippen molar-refractivity contribution in [3.63, 3.8) is 0 Å². The van der Waals surface area contributed by atoms with E-state index in [4.69, 9.17) is 23.2 Å². The zero-order valence-corrected chi connectivity index (χ0v) is 14.6. The number of aryl methyl sites for hydroxylation is 1. The average Bonchev–Trinajstić information content (AvgIpc) is 2.56. The summed E-state index contributed by atoms with van der Waals surface area (Å²) in [5.41, 5.74) is 1.93. The second-order valence-corrected chi connectivity index (χ2v) is 6.11. The molecule has 0 unspecified atom stereocenters. The zero-order valence-electron chi connectivity index (χ0n) is 13.1. The van der Waals surface area contributed by atoms with E-state index in [1.54, 1.807) is 0 Å². The lowest BCUT2D eigenvalue weighted by molar-refractivity contribution is 1.03. The third kappa shape index (κ3) is 4.37. The number of rotatable bonds is 5. The zero-order chi connectivity index (χ0) is 16.9. The Morgan fingerprint density at radius 2 is 1.62 bits per heavy atom. The molecule has 1 heterocycles. The Bertz CT molecular complexity index is 835. The number of aromatic nitrogens is 2. The van der Waals surface area contributed by atoms with E-state index in [2.05, 4.69) is 20.6 Å². The molecular weight excluding hydrogens is 343 g/mol. The molecule has 4 nitrogen and oxygen atoms in total. The predicted molar refractivity (Wildman–Crippen MR) is 100 cm³/mol. The van der Waals surface area contributed by atoms with Crippen molar-refractivity contribution >= 4 is 40.5 Å². The Hall–Kier alpha value is -2.30. The van der Waals surface area contributed by atoms with Gasteiger partial charge in [-0.25, -0.2) is 9.97 Å². The number of anilines is 3. The van der Waals surface area contributed by atoms with Crippen LogP contribution in [0.3, 0.4) is 0 Å². The van der Waals surface area contributed by atoms with E-state index in [0.717, 1.165) is 22.1 Å². The molecule has 0 atom stereocenters. The molecule has 0 saturated heterocycles. The van der Waals surface area contributed by atoms with E-state index in [0.29, 0.717) is 23.2 Å². The molecule has 0 amide bonds. The van der Waals surface area contributed by atoms with Gasteiger partial charge in [0.1, 0.15) is 17.5 Å². The van der Waals surface area contributed by atoms with Crippen LogP contribution in [0, 0.1) is 6.92 Å². The van der Waals surface area contributed by atoms with Crippen molar-refractivity contribution in [2.45, 2.75) is 13.5 Å². The fraction of sp³-hybridized carbons (Fsp3) is 0.111. The monoisotopic (exact) mass is 358 g/mol. The molecule has 0 aliphatic carbocycles. The molecule has 0 aliphatic rings. The molecule has 0 saturated carbocycles. The lowest BCUT2D eigenvalue weighted by Gasteiger charge is -2.11. The predicted octanol–water partition coefficient (Wildman–Crippen LogP) is 5.45. The maximum absolute atomic E-state index is 6.18. The first-order chi connectivity index (χ1) is 11.6. The van der Waals surface area contributed by atoms with Crippen molar-refractivity contribution in [3.05, 3.63) is 76.0 Å². The van der Waals surface area contributed by atoms with Crippen molar-refractivity contribution in [1.29, 1.82) is 0 Å². The Morgan fingerprint density at radius 3 is 2.38 bits per heavy atom. The summed E-state index contributed by atoms with van der Waals surface area (Å²) in [4.78, 5) is 8.81. The van der Waals surface area contributed by atoms with Gasteiger partial charge in [0, 0.05) is 28.3 Å². The van der Waals surface area contributed by atoms with Gasteiger partial charge in [0.2, 0.25) is 0 Å². The standard InChI is InChI=1S/C18H16Cl2N4/c1-12-22-17(21-11-13-4-2-3-5-16(13)20)10-18(23-12)24-15-8-6-14(19)7-9-15/h2-10H,11H2,1H3,(H2,21,22,23,24). The second kappa shape index (κ2) is 7.51. The summed E-state index contributed by atoms with van der Waals surface area (Å²) in [7, 11) is 0.